The molecule has 66 heavy (non-hydrogen) atoms. The summed E-state index contributed by atoms with van der Waals surface area (Å²) in [5.74, 6) is -0.968. The Kier molecular flexibility index (Phi) is 19.2. The Morgan fingerprint density at radius 1 is 0.742 bits per heavy atom. The number of ether oxygens (including phenoxy) is 3. The molecule has 15 nitrogen and oxygen atoms in total. The van der Waals surface area contributed by atoms with Gasteiger partial charge in [0.25, 0.3) is 23.6 Å². The summed E-state index contributed by atoms with van der Waals surface area (Å²) in [6, 6.07) is 24.2. The number of anilines is 2. The molecular formula is C50H62N8O7S. The van der Waals surface area contributed by atoms with Gasteiger partial charge in [0.15, 0.2) is 0 Å². The van der Waals surface area contributed by atoms with Gasteiger partial charge in [-0.1, -0.05) is 30.3 Å². The molecule has 0 spiro atoms. The maximum atomic E-state index is 13.9. The molecule has 0 saturated carbocycles. The number of nitrogens with one attached hydrogen (secondary N) is 3. The Morgan fingerprint density at radius 2 is 1.48 bits per heavy atom. The largest absolute Gasteiger partial charge is 0.378 e. The molecule has 5 aromatic rings. The molecule has 4 amide bonds. The monoisotopic (exact) mass is 918 g/mol. The van der Waals surface area contributed by atoms with E-state index in [-0.39, 0.29) is 29.7 Å². The summed E-state index contributed by atoms with van der Waals surface area (Å²) in [7, 11) is 3.72. The van der Waals surface area contributed by atoms with Crippen molar-refractivity contribution in [3.05, 3.63) is 129 Å². The number of aromatic nitrogens is 2. The van der Waals surface area contributed by atoms with Crippen molar-refractivity contribution < 1.29 is 33.4 Å². The van der Waals surface area contributed by atoms with Crippen molar-refractivity contribution in [2.75, 3.05) is 103 Å². The number of likely N-dealkylation sites (N-methyl/N-ethyl adjacent to an activating group) is 2. The van der Waals surface area contributed by atoms with Crippen molar-refractivity contribution >= 4 is 46.3 Å². The molecule has 3 N–H and O–H groups in total. The average Bonchev–Trinajstić information content (AvgIpc) is 3.90. The molecule has 3 aromatic carbocycles. The van der Waals surface area contributed by atoms with Crippen LogP contribution in [0.5, 0.6) is 0 Å². The predicted molar refractivity (Wildman–Crippen MR) is 259 cm³/mol. The molecule has 1 atom stereocenters. The summed E-state index contributed by atoms with van der Waals surface area (Å²) in [5.41, 5.74) is 8.39. The van der Waals surface area contributed by atoms with Crippen molar-refractivity contribution in [3.63, 3.8) is 0 Å². The lowest BCUT2D eigenvalue weighted by Gasteiger charge is -2.26. The second-order valence-corrected chi connectivity index (χ2v) is 16.7. The van der Waals surface area contributed by atoms with E-state index in [1.807, 2.05) is 37.4 Å². The van der Waals surface area contributed by atoms with Gasteiger partial charge in [0.1, 0.15) is 5.69 Å². The molecule has 0 bridgehead atoms. The van der Waals surface area contributed by atoms with Crippen LogP contribution in [0.2, 0.25) is 0 Å². The number of fused-ring (bicyclic) bond motifs is 1. The van der Waals surface area contributed by atoms with E-state index in [0.29, 0.717) is 105 Å². The van der Waals surface area contributed by atoms with E-state index in [4.69, 9.17) is 14.2 Å². The van der Waals surface area contributed by atoms with Gasteiger partial charge in [-0.25, -0.2) is 4.98 Å². The van der Waals surface area contributed by atoms with Crippen molar-refractivity contribution in [1.82, 2.24) is 30.4 Å². The number of carbonyl (C=O) groups excluding carboxylic acids is 4. The Bertz CT molecular complexity index is 2360. The number of thiazole rings is 1. The molecule has 6 rings (SSSR count). The van der Waals surface area contributed by atoms with E-state index in [0.717, 1.165) is 43.6 Å². The normalized spacial score (nSPS) is 13.2. The zero-order valence-corrected chi connectivity index (χ0v) is 39.2. The zero-order chi connectivity index (χ0) is 46.7. The van der Waals surface area contributed by atoms with E-state index in [9.17, 15) is 19.2 Å². The molecule has 0 radical (unpaired) electrons. The minimum absolute atomic E-state index is 0.0689. The fourth-order valence-corrected chi connectivity index (χ4v) is 8.19. The Balaban J connectivity index is 0.966. The van der Waals surface area contributed by atoms with E-state index < -0.39 is 0 Å². The molecule has 0 aliphatic heterocycles. The molecule has 16 heteroatoms. The first-order valence-electron chi connectivity index (χ1n) is 22.6. The number of nitrogens with zero attached hydrogens (tertiary/aromatic N) is 5. The van der Waals surface area contributed by atoms with E-state index >= 15 is 0 Å². The lowest BCUT2D eigenvalue weighted by Crippen LogP contribution is -2.36. The number of rotatable bonds is 25. The molecule has 1 aliphatic rings. The van der Waals surface area contributed by atoms with Crippen LogP contribution in [-0.2, 0) is 20.6 Å². The topological polar surface area (TPSA) is 168 Å². The third-order valence-corrected chi connectivity index (χ3v) is 12.0. The summed E-state index contributed by atoms with van der Waals surface area (Å²) in [6.45, 7) is 10.6. The highest BCUT2D eigenvalue weighted by atomic mass is 32.1. The second kappa shape index (κ2) is 25.6. The third-order valence-electron chi connectivity index (χ3n) is 11.4. The van der Waals surface area contributed by atoms with Gasteiger partial charge < -0.3 is 44.9 Å². The van der Waals surface area contributed by atoms with Gasteiger partial charge in [0.05, 0.1) is 62.6 Å². The van der Waals surface area contributed by atoms with Crippen LogP contribution in [-0.4, -0.2) is 136 Å². The van der Waals surface area contributed by atoms with E-state index in [1.54, 1.807) is 65.4 Å². The minimum Gasteiger partial charge on any atom is -0.378 e. The lowest BCUT2D eigenvalue weighted by atomic mass is 9.87. The Labute approximate surface area is 391 Å². The standard InChI is InChI=1S/C50H62N8O7S/c1-5-58(6-2)40-17-18-44(42(33-40)45-32-38(19-20-51-45)48(60)54-43-16-10-12-36-11-7-8-15-41(36)43)55-47(59)37-13-9-14-39(31-37)50(62)57(4)23-22-56(3)24-26-64-28-30-65-29-27-63-25-21-52-49(61)46-34-66-35-53-46/h7-9,11,13-15,17-20,31-35,43H,5-6,10,12,16,21-30H2,1-4H3,(H,52,61)(H,54,60)(H,55,59). The van der Waals surface area contributed by atoms with E-state index in [2.05, 4.69) is 61.7 Å². The molecular weight excluding hydrogens is 857 g/mol. The van der Waals surface area contributed by atoms with Gasteiger partial charge in [0, 0.05) is 85.8 Å². The quantitative estimate of drug-likeness (QED) is 0.0541. The van der Waals surface area contributed by atoms with Gasteiger partial charge in [-0.2, -0.15) is 0 Å². The number of aryl methyl sites for hydroxylation is 1. The number of hydrogen-bond donors (Lipinski definition) is 3. The summed E-state index contributed by atoms with van der Waals surface area (Å²) < 4.78 is 16.8. The summed E-state index contributed by atoms with van der Waals surface area (Å²) in [5, 5.41) is 10.8. The van der Waals surface area contributed by atoms with Gasteiger partial charge >= 0.3 is 0 Å². The highest BCUT2D eigenvalue weighted by Gasteiger charge is 2.23. The van der Waals surface area contributed by atoms with Gasteiger partial charge in [0.2, 0.25) is 0 Å². The van der Waals surface area contributed by atoms with Crippen LogP contribution in [0.25, 0.3) is 11.3 Å². The van der Waals surface area contributed by atoms with Crippen LogP contribution in [0.15, 0.2) is 96.0 Å². The smallest absolute Gasteiger partial charge is 0.270 e. The van der Waals surface area contributed by atoms with Crippen LogP contribution in [0.4, 0.5) is 11.4 Å². The molecule has 0 saturated heterocycles. The molecule has 2 aromatic heterocycles. The maximum Gasteiger partial charge on any atom is 0.270 e. The highest BCUT2D eigenvalue weighted by Crippen LogP contribution is 2.33. The Morgan fingerprint density at radius 3 is 2.26 bits per heavy atom. The summed E-state index contributed by atoms with van der Waals surface area (Å²) >= 11 is 1.37. The Hall–Kier alpha value is -6.04. The van der Waals surface area contributed by atoms with Gasteiger partial charge in [-0.15, -0.1) is 11.3 Å². The fraction of sp³-hybridized carbons (Fsp3) is 0.400. The summed E-state index contributed by atoms with van der Waals surface area (Å²) in [6.07, 6.45) is 4.51. The molecule has 350 valence electrons. The van der Waals surface area contributed by atoms with E-state index in [1.165, 1.54) is 16.9 Å². The highest BCUT2D eigenvalue weighted by molar-refractivity contribution is 7.07. The molecule has 1 aliphatic carbocycles. The first-order chi connectivity index (χ1) is 32.1. The number of pyridine rings is 1. The first-order valence-corrected chi connectivity index (χ1v) is 23.6. The molecule has 1 unspecified atom stereocenters. The summed E-state index contributed by atoms with van der Waals surface area (Å²) in [4.78, 5) is 67.6. The number of benzene rings is 3. The van der Waals surface area contributed by atoms with Crippen molar-refractivity contribution in [3.8, 4) is 11.3 Å². The number of carbonyl (C=O) groups is 4. The lowest BCUT2D eigenvalue weighted by molar-refractivity contribution is 0.0119. The van der Waals surface area contributed by atoms with Crippen LogP contribution < -0.4 is 20.9 Å². The number of hydrogen-bond acceptors (Lipinski definition) is 12. The van der Waals surface area contributed by atoms with Crippen LogP contribution in [0.3, 0.4) is 0 Å². The average molecular weight is 919 g/mol. The van der Waals surface area contributed by atoms with Crippen molar-refractivity contribution in [2.45, 2.75) is 39.2 Å². The minimum atomic E-state index is -0.377. The van der Waals surface area contributed by atoms with Crippen molar-refractivity contribution in [2.24, 2.45) is 0 Å². The van der Waals surface area contributed by atoms with Crippen LogP contribution in [0.1, 0.15) is 85.4 Å². The molecule has 0 fully saturated rings. The van der Waals surface area contributed by atoms with Crippen LogP contribution in [0, 0.1) is 0 Å². The molecule has 2 heterocycles. The zero-order valence-electron chi connectivity index (χ0n) is 38.4. The van der Waals surface area contributed by atoms with Gasteiger partial charge in [-0.3, -0.25) is 24.2 Å². The fourth-order valence-electron chi connectivity index (χ4n) is 7.66. The first kappa shape index (κ1) is 49.4. The van der Waals surface area contributed by atoms with Crippen LogP contribution >= 0.6 is 11.3 Å². The number of amides is 4. The predicted octanol–water partition coefficient (Wildman–Crippen LogP) is 6.59. The maximum absolute atomic E-state index is 13.9. The van der Waals surface area contributed by atoms with Gasteiger partial charge in [-0.05, 0) is 99.8 Å². The third kappa shape index (κ3) is 14.2. The second-order valence-electron chi connectivity index (χ2n) is 16.0. The SMILES string of the molecule is CCN(CC)c1ccc(NC(=O)c2cccc(C(=O)N(C)CCN(C)CCOCCOCCOCCNC(=O)c3cscn3)c2)c(-c2cc(C(=O)NC3CCCc4ccccc43)ccn2)c1. The van der Waals surface area contributed by atoms with Crippen molar-refractivity contribution in [1.29, 1.82) is 0 Å².